The zero-order valence-electron chi connectivity index (χ0n) is 9.54. The molecule has 0 heterocycles. The normalized spacial score (nSPS) is 36.6. The molecular weight excluding hydrogens is 180 g/mol. The number of hydrogen-bond donors (Lipinski definition) is 0. The van der Waals surface area contributed by atoms with Crippen LogP contribution in [0.4, 0.5) is 0 Å². The van der Waals surface area contributed by atoms with Gasteiger partial charge in [-0.1, -0.05) is 47.6 Å². The van der Waals surface area contributed by atoms with Gasteiger partial charge in [0.1, 0.15) is 0 Å². The van der Waals surface area contributed by atoms with Gasteiger partial charge in [0.15, 0.2) is 0 Å². The van der Waals surface area contributed by atoms with Crippen LogP contribution in [-0.2, 0) is 0 Å². The first-order valence-electron chi connectivity index (χ1n) is 5.60. The summed E-state index contributed by atoms with van der Waals surface area (Å²) in [7, 11) is 0. The van der Waals surface area contributed by atoms with Gasteiger partial charge in [-0.05, 0) is 31.9 Å². The molecule has 0 nitrogen and oxygen atoms in total. The van der Waals surface area contributed by atoms with Crippen LogP contribution >= 0.6 is 0 Å². The van der Waals surface area contributed by atoms with Crippen LogP contribution in [0.3, 0.4) is 0 Å². The quantitative estimate of drug-likeness (QED) is 0.515. The van der Waals surface area contributed by atoms with Crippen LogP contribution in [0.25, 0.3) is 0 Å². The van der Waals surface area contributed by atoms with E-state index in [0.29, 0.717) is 5.92 Å². The van der Waals surface area contributed by atoms with E-state index in [2.05, 4.69) is 57.2 Å². The fraction of sp³-hybridized carbons (Fsp3) is 0.333. The topological polar surface area (TPSA) is 0 Å². The van der Waals surface area contributed by atoms with Crippen LogP contribution in [0.1, 0.15) is 20.8 Å². The standard InChI is InChI=1S/C15H16/c1-10-4-5-12-6-8-15(3)9-7-13(11(10)2)14(12)15/h4-9,13H,1-3H3/t13?,15-/m1/s1. The van der Waals surface area contributed by atoms with Gasteiger partial charge in [0.2, 0.25) is 0 Å². The molecule has 0 aromatic rings. The molecule has 0 bridgehead atoms. The van der Waals surface area contributed by atoms with Crippen molar-refractivity contribution in [2.75, 3.05) is 0 Å². The molecule has 2 atom stereocenters. The molecule has 0 spiro atoms. The van der Waals surface area contributed by atoms with Gasteiger partial charge >= 0.3 is 0 Å². The Morgan fingerprint density at radius 3 is 2.67 bits per heavy atom. The second kappa shape index (κ2) is 2.63. The van der Waals surface area contributed by atoms with Crippen molar-refractivity contribution in [3.05, 3.63) is 58.7 Å². The maximum absolute atomic E-state index is 2.37. The molecule has 15 heavy (non-hydrogen) atoms. The van der Waals surface area contributed by atoms with Crippen LogP contribution < -0.4 is 0 Å². The highest BCUT2D eigenvalue weighted by Crippen LogP contribution is 2.51. The van der Waals surface area contributed by atoms with Crippen molar-refractivity contribution in [1.29, 1.82) is 0 Å². The highest BCUT2D eigenvalue weighted by molar-refractivity contribution is 5.60. The van der Waals surface area contributed by atoms with E-state index < -0.39 is 0 Å². The Labute approximate surface area is 91.4 Å². The minimum Gasteiger partial charge on any atom is -0.0761 e. The van der Waals surface area contributed by atoms with Crippen LogP contribution in [0.5, 0.6) is 0 Å². The summed E-state index contributed by atoms with van der Waals surface area (Å²) < 4.78 is 0. The lowest BCUT2D eigenvalue weighted by Gasteiger charge is -2.22. The zero-order valence-corrected chi connectivity index (χ0v) is 9.54. The monoisotopic (exact) mass is 196 g/mol. The number of rotatable bonds is 0. The Kier molecular flexibility index (Phi) is 1.57. The van der Waals surface area contributed by atoms with Gasteiger partial charge in [-0.3, -0.25) is 0 Å². The molecule has 0 heteroatoms. The van der Waals surface area contributed by atoms with Crippen LogP contribution in [0.15, 0.2) is 58.7 Å². The summed E-state index contributed by atoms with van der Waals surface area (Å²) in [5.74, 6) is 0.537. The lowest BCUT2D eigenvalue weighted by molar-refractivity contribution is 0.651. The summed E-state index contributed by atoms with van der Waals surface area (Å²) in [4.78, 5) is 0. The molecule has 0 radical (unpaired) electrons. The third-order valence-corrected chi connectivity index (χ3v) is 4.05. The predicted octanol–water partition coefficient (Wildman–Crippen LogP) is 3.95. The van der Waals surface area contributed by atoms with Crippen LogP contribution in [-0.4, -0.2) is 0 Å². The van der Waals surface area contributed by atoms with Crippen molar-refractivity contribution >= 4 is 0 Å². The van der Waals surface area contributed by atoms with E-state index >= 15 is 0 Å². The highest BCUT2D eigenvalue weighted by atomic mass is 14.4. The maximum atomic E-state index is 2.37. The Morgan fingerprint density at radius 1 is 1.07 bits per heavy atom. The smallest absolute Gasteiger partial charge is 0.0264 e. The summed E-state index contributed by atoms with van der Waals surface area (Å²) >= 11 is 0. The first-order valence-corrected chi connectivity index (χ1v) is 5.60. The van der Waals surface area contributed by atoms with Gasteiger partial charge in [-0.15, -0.1) is 0 Å². The third kappa shape index (κ3) is 1.02. The van der Waals surface area contributed by atoms with E-state index in [1.165, 1.54) is 16.7 Å². The molecule has 0 amide bonds. The molecule has 0 aromatic carbocycles. The van der Waals surface area contributed by atoms with E-state index in [1.54, 1.807) is 5.57 Å². The molecule has 3 aliphatic rings. The molecule has 0 saturated carbocycles. The fourth-order valence-corrected chi connectivity index (χ4v) is 2.90. The third-order valence-electron chi connectivity index (χ3n) is 4.05. The van der Waals surface area contributed by atoms with Crippen molar-refractivity contribution in [1.82, 2.24) is 0 Å². The Bertz CT molecular complexity index is 480. The van der Waals surface area contributed by atoms with Gasteiger partial charge in [-0.25, -0.2) is 0 Å². The maximum Gasteiger partial charge on any atom is 0.0264 e. The largest absolute Gasteiger partial charge is 0.0761 e. The molecular formula is C15H16. The Morgan fingerprint density at radius 2 is 1.87 bits per heavy atom. The zero-order chi connectivity index (χ0) is 10.6. The van der Waals surface area contributed by atoms with E-state index in [0.717, 1.165) is 0 Å². The first kappa shape index (κ1) is 8.96. The average molecular weight is 196 g/mol. The van der Waals surface area contributed by atoms with Gasteiger partial charge < -0.3 is 0 Å². The Balaban J connectivity index is 2.25. The first-order chi connectivity index (χ1) is 7.12. The molecule has 0 saturated heterocycles. The molecule has 1 unspecified atom stereocenters. The second-order valence-corrected chi connectivity index (χ2v) is 5.02. The SMILES string of the molecule is CC1=C(C)C2C=C[C@@]3(C)C=CC(=C23)C=C1. The molecule has 0 N–H and O–H groups in total. The second-order valence-electron chi connectivity index (χ2n) is 5.02. The fourth-order valence-electron chi connectivity index (χ4n) is 2.90. The van der Waals surface area contributed by atoms with E-state index in [9.17, 15) is 0 Å². The summed E-state index contributed by atoms with van der Waals surface area (Å²) in [6, 6.07) is 0. The molecule has 0 fully saturated rings. The van der Waals surface area contributed by atoms with Crippen molar-refractivity contribution in [3.8, 4) is 0 Å². The Hall–Kier alpha value is -1.30. The predicted molar refractivity (Wildman–Crippen MR) is 64.4 cm³/mol. The minimum atomic E-state index is 0.191. The summed E-state index contributed by atoms with van der Waals surface area (Å²) in [6.07, 6.45) is 13.8. The van der Waals surface area contributed by atoms with Crippen LogP contribution in [0, 0.1) is 11.3 Å². The highest BCUT2D eigenvalue weighted by Gasteiger charge is 2.39. The van der Waals surface area contributed by atoms with Crippen LogP contribution in [0.2, 0.25) is 0 Å². The van der Waals surface area contributed by atoms with E-state index in [4.69, 9.17) is 0 Å². The molecule has 0 aliphatic heterocycles. The lowest BCUT2D eigenvalue weighted by atomic mass is 9.81. The van der Waals surface area contributed by atoms with E-state index in [-0.39, 0.29) is 5.41 Å². The minimum absolute atomic E-state index is 0.191. The molecule has 3 rings (SSSR count). The van der Waals surface area contributed by atoms with Gasteiger partial charge in [0, 0.05) is 11.3 Å². The van der Waals surface area contributed by atoms with Crippen molar-refractivity contribution < 1.29 is 0 Å². The van der Waals surface area contributed by atoms with Gasteiger partial charge in [0.05, 0.1) is 0 Å². The molecule has 76 valence electrons. The van der Waals surface area contributed by atoms with E-state index in [1.807, 2.05) is 0 Å². The summed E-state index contributed by atoms with van der Waals surface area (Å²) in [6.45, 7) is 6.78. The number of allylic oxidation sites excluding steroid dienone is 10. The van der Waals surface area contributed by atoms with Crippen molar-refractivity contribution in [3.63, 3.8) is 0 Å². The van der Waals surface area contributed by atoms with Gasteiger partial charge in [-0.2, -0.15) is 0 Å². The lowest BCUT2D eigenvalue weighted by Crippen LogP contribution is -2.12. The van der Waals surface area contributed by atoms with Gasteiger partial charge in [0.25, 0.3) is 0 Å². The van der Waals surface area contributed by atoms with Crippen molar-refractivity contribution in [2.24, 2.45) is 11.3 Å². The van der Waals surface area contributed by atoms with Crippen molar-refractivity contribution in [2.45, 2.75) is 20.8 Å². The molecule has 3 aliphatic carbocycles. The number of hydrogen-bond acceptors (Lipinski definition) is 0. The average Bonchev–Trinajstić information content (AvgIpc) is 2.65. The molecule has 0 aromatic heterocycles. The summed E-state index contributed by atoms with van der Waals surface area (Å²) in [5, 5.41) is 0. The summed E-state index contributed by atoms with van der Waals surface area (Å²) in [5.41, 5.74) is 6.10.